The molecule has 0 aliphatic heterocycles. The van der Waals surface area contributed by atoms with Gasteiger partial charge < -0.3 is 0 Å². The van der Waals surface area contributed by atoms with Crippen LogP contribution in [0.4, 0.5) is 0 Å². The predicted molar refractivity (Wildman–Crippen MR) is 46.7 cm³/mol. The molecule has 0 spiro atoms. The Morgan fingerprint density at radius 3 is 1.82 bits per heavy atom. The Morgan fingerprint density at radius 2 is 1.64 bits per heavy atom. The predicted octanol–water partition coefficient (Wildman–Crippen LogP) is 2.91. The van der Waals surface area contributed by atoms with Gasteiger partial charge >= 0.3 is 8.25 Å². The van der Waals surface area contributed by atoms with Gasteiger partial charge in [-0.05, 0) is 20.8 Å². The highest BCUT2D eigenvalue weighted by Crippen LogP contribution is 2.21. The lowest BCUT2D eigenvalue weighted by molar-refractivity contribution is 0.243. The standard InChI is InChI=1S/C4H10O3P.C3H6/c1-3-6-8(5)7-4-2;1-3-2/h3-4H2,1-2H3;3H,1H2,2H3/q+1;. The fraction of sp³-hybridized carbons (Fsp3) is 0.714. The third-order valence-corrected chi connectivity index (χ3v) is 1.41. The van der Waals surface area contributed by atoms with Crippen LogP contribution >= 0.6 is 8.25 Å². The van der Waals surface area contributed by atoms with E-state index in [2.05, 4.69) is 15.6 Å². The van der Waals surface area contributed by atoms with Crippen LogP contribution in [0.3, 0.4) is 0 Å². The van der Waals surface area contributed by atoms with Gasteiger partial charge in [-0.2, -0.15) is 0 Å². The lowest BCUT2D eigenvalue weighted by Gasteiger charge is -1.78. The normalized spacial score (nSPS) is 7.91. The first-order valence-corrected chi connectivity index (χ1v) is 4.62. The van der Waals surface area contributed by atoms with E-state index in [1.165, 1.54) is 0 Å². The molecule has 0 N–H and O–H groups in total. The molecule has 0 fully saturated rings. The average molecular weight is 179 g/mol. The van der Waals surface area contributed by atoms with Crippen molar-refractivity contribution in [1.82, 2.24) is 0 Å². The van der Waals surface area contributed by atoms with Crippen molar-refractivity contribution in [1.29, 1.82) is 0 Å². The molecule has 0 radical (unpaired) electrons. The van der Waals surface area contributed by atoms with Gasteiger partial charge in [0.05, 0.1) is 0 Å². The maximum Gasteiger partial charge on any atom is 0.697 e. The zero-order chi connectivity index (χ0) is 9.11. The Labute approximate surface area is 69.4 Å². The molecule has 0 aromatic carbocycles. The summed E-state index contributed by atoms with van der Waals surface area (Å²) < 4.78 is 19.5. The van der Waals surface area contributed by atoms with E-state index in [1.54, 1.807) is 19.9 Å². The second kappa shape index (κ2) is 12.4. The molecule has 0 aromatic heterocycles. The molecule has 0 saturated heterocycles. The van der Waals surface area contributed by atoms with Crippen molar-refractivity contribution in [2.24, 2.45) is 0 Å². The van der Waals surface area contributed by atoms with Crippen molar-refractivity contribution in [2.75, 3.05) is 13.2 Å². The summed E-state index contributed by atoms with van der Waals surface area (Å²) in [5, 5.41) is 0. The Morgan fingerprint density at radius 1 is 1.36 bits per heavy atom. The highest BCUT2D eigenvalue weighted by molar-refractivity contribution is 7.33. The summed E-state index contributed by atoms with van der Waals surface area (Å²) >= 11 is 0. The molecule has 0 aliphatic rings. The van der Waals surface area contributed by atoms with E-state index in [9.17, 15) is 4.57 Å². The summed E-state index contributed by atoms with van der Waals surface area (Å²) in [4.78, 5) is 0. The van der Waals surface area contributed by atoms with Gasteiger partial charge in [-0.15, -0.1) is 15.6 Å². The van der Waals surface area contributed by atoms with Crippen molar-refractivity contribution in [3.63, 3.8) is 0 Å². The first-order valence-electron chi connectivity index (χ1n) is 3.52. The van der Waals surface area contributed by atoms with Gasteiger partial charge in [-0.3, -0.25) is 0 Å². The van der Waals surface area contributed by atoms with Crippen molar-refractivity contribution >= 4 is 8.25 Å². The second-order valence-corrected chi connectivity index (χ2v) is 2.43. The van der Waals surface area contributed by atoms with Crippen LogP contribution in [-0.4, -0.2) is 13.2 Å². The van der Waals surface area contributed by atoms with Crippen molar-refractivity contribution in [2.45, 2.75) is 20.8 Å². The van der Waals surface area contributed by atoms with Crippen LogP contribution in [-0.2, 0) is 13.6 Å². The van der Waals surface area contributed by atoms with Crippen LogP contribution in [0, 0.1) is 0 Å². The molecule has 4 heteroatoms. The van der Waals surface area contributed by atoms with Crippen LogP contribution in [0.25, 0.3) is 0 Å². The third-order valence-electron chi connectivity index (χ3n) is 0.469. The van der Waals surface area contributed by atoms with Gasteiger partial charge in [0.2, 0.25) is 0 Å². The van der Waals surface area contributed by atoms with Gasteiger partial charge in [0.1, 0.15) is 13.2 Å². The zero-order valence-corrected chi connectivity index (χ0v) is 8.27. The summed E-state index contributed by atoms with van der Waals surface area (Å²) in [6, 6.07) is 0. The van der Waals surface area contributed by atoms with E-state index in [0.717, 1.165) is 0 Å². The molecule has 0 saturated carbocycles. The van der Waals surface area contributed by atoms with Crippen LogP contribution in [0.5, 0.6) is 0 Å². The third kappa shape index (κ3) is 17.7. The molecule has 0 aromatic rings. The van der Waals surface area contributed by atoms with E-state index in [4.69, 9.17) is 0 Å². The molecule has 0 rings (SSSR count). The number of hydrogen-bond donors (Lipinski definition) is 0. The van der Waals surface area contributed by atoms with Crippen LogP contribution < -0.4 is 0 Å². The zero-order valence-electron chi connectivity index (χ0n) is 7.37. The summed E-state index contributed by atoms with van der Waals surface area (Å²) in [7, 11) is -1.83. The number of hydrogen-bond acceptors (Lipinski definition) is 3. The van der Waals surface area contributed by atoms with E-state index >= 15 is 0 Å². The van der Waals surface area contributed by atoms with E-state index < -0.39 is 8.25 Å². The maximum atomic E-state index is 10.3. The lowest BCUT2D eigenvalue weighted by atomic mass is 10.8. The second-order valence-electron chi connectivity index (χ2n) is 1.47. The first-order chi connectivity index (χ1) is 5.22. The lowest BCUT2D eigenvalue weighted by Crippen LogP contribution is -1.81. The minimum absolute atomic E-state index is 0.440. The fourth-order valence-corrected chi connectivity index (χ4v) is 0.744. The topological polar surface area (TPSA) is 35.5 Å². The molecule has 0 amide bonds. The molecule has 11 heavy (non-hydrogen) atoms. The quantitative estimate of drug-likeness (QED) is 0.491. The van der Waals surface area contributed by atoms with Crippen molar-refractivity contribution in [3.8, 4) is 0 Å². The number of allylic oxidation sites excluding steroid dienone is 1. The minimum atomic E-state index is -1.83. The molecular formula is C7H16O3P+. The average Bonchev–Trinajstić information content (AvgIpc) is 1.90. The van der Waals surface area contributed by atoms with Gasteiger partial charge in [0, 0.05) is 4.57 Å². The van der Waals surface area contributed by atoms with Crippen molar-refractivity contribution in [3.05, 3.63) is 12.7 Å². The molecule has 66 valence electrons. The monoisotopic (exact) mass is 179 g/mol. The molecule has 0 heterocycles. The first kappa shape index (κ1) is 13.4. The van der Waals surface area contributed by atoms with E-state index in [0.29, 0.717) is 13.2 Å². The van der Waals surface area contributed by atoms with Crippen molar-refractivity contribution < 1.29 is 13.6 Å². The summed E-state index contributed by atoms with van der Waals surface area (Å²) in [5.41, 5.74) is 0. The smallest absolute Gasteiger partial charge is 0.119 e. The van der Waals surface area contributed by atoms with Gasteiger partial charge in [-0.1, -0.05) is 6.08 Å². The fourth-order valence-electron chi connectivity index (χ4n) is 0.248. The van der Waals surface area contributed by atoms with Gasteiger partial charge in [0.25, 0.3) is 0 Å². The molecular weight excluding hydrogens is 163 g/mol. The largest absolute Gasteiger partial charge is 0.697 e. The summed E-state index contributed by atoms with van der Waals surface area (Å²) in [5.74, 6) is 0. The highest BCUT2D eigenvalue weighted by Gasteiger charge is 2.15. The maximum absolute atomic E-state index is 10.3. The van der Waals surface area contributed by atoms with Crippen LogP contribution in [0.15, 0.2) is 12.7 Å². The SMILES string of the molecule is C=CC.CCO[P+](=O)OCC. The Bertz CT molecular complexity index is 95.9. The summed E-state index contributed by atoms with van der Waals surface area (Å²) in [6.07, 6.45) is 1.75. The summed E-state index contributed by atoms with van der Waals surface area (Å²) in [6.45, 7) is 9.67. The van der Waals surface area contributed by atoms with E-state index in [-0.39, 0.29) is 0 Å². The van der Waals surface area contributed by atoms with Crippen LogP contribution in [0.1, 0.15) is 20.8 Å². The minimum Gasteiger partial charge on any atom is -0.119 e. The molecule has 3 nitrogen and oxygen atoms in total. The van der Waals surface area contributed by atoms with Gasteiger partial charge in [-0.25, -0.2) is 0 Å². The Kier molecular flexibility index (Phi) is 15.1. The molecule has 0 bridgehead atoms. The Balaban J connectivity index is 0. The van der Waals surface area contributed by atoms with Gasteiger partial charge in [0.15, 0.2) is 0 Å². The number of rotatable bonds is 4. The van der Waals surface area contributed by atoms with Crippen LogP contribution in [0.2, 0.25) is 0 Å². The molecule has 0 unspecified atom stereocenters. The highest BCUT2D eigenvalue weighted by atomic mass is 31.1. The van der Waals surface area contributed by atoms with E-state index in [1.807, 2.05) is 6.92 Å². The Hall–Kier alpha value is -0.240. The molecule has 0 aliphatic carbocycles. The molecule has 0 atom stereocenters.